The minimum atomic E-state index is -1.15. The summed E-state index contributed by atoms with van der Waals surface area (Å²) in [6, 6.07) is 0. The summed E-state index contributed by atoms with van der Waals surface area (Å²) >= 11 is 0.970. The van der Waals surface area contributed by atoms with E-state index in [2.05, 4.69) is 4.98 Å². The quantitative estimate of drug-likeness (QED) is 0.856. The van der Waals surface area contributed by atoms with Crippen LogP contribution in [0.3, 0.4) is 0 Å². The van der Waals surface area contributed by atoms with Gasteiger partial charge in [0.15, 0.2) is 0 Å². The minimum Gasteiger partial charge on any atom is -0.481 e. The van der Waals surface area contributed by atoms with Crippen LogP contribution in [0.4, 0.5) is 0 Å². The van der Waals surface area contributed by atoms with Gasteiger partial charge in [0.25, 0.3) is 5.56 Å². The minimum absolute atomic E-state index is 0.0324. The van der Waals surface area contributed by atoms with Crippen molar-refractivity contribution < 1.29 is 19.8 Å². The third-order valence-corrected chi connectivity index (χ3v) is 5.10. The molecule has 0 spiro atoms. The zero-order chi connectivity index (χ0) is 18.4. The average molecular weight is 352 g/mol. The number of aromatic carboxylic acids is 1. The molecule has 2 heterocycles. The van der Waals surface area contributed by atoms with Crippen LogP contribution in [-0.4, -0.2) is 31.7 Å². The summed E-state index contributed by atoms with van der Waals surface area (Å²) in [5.74, 6) is -1.77. The Bertz CT molecular complexity index is 892. The highest BCUT2D eigenvalue weighted by molar-refractivity contribution is 7.20. The Hall–Kier alpha value is -2.22. The van der Waals surface area contributed by atoms with Crippen molar-refractivity contribution >= 4 is 33.5 Å². The molecule has 0 aliphatic heterocycles. The monoisotopic (exact) mass is 352 g/mol. The summed E-state index contributed by atoms with van der Waals surface area (Å²) in [5.41, 5.74) is -1.17. The van der Waals surface area contributed by atoms with E-state index in [9.17, 15) is 24.6 Å². The Morgan fingerprint density at radius 1 is 1.29 bits per heavy atom. The van der Waals surface area contributed by atoms with Crippen LogP contribution in [0.25, 0.3) is 10.2 Å². The Kier molecular flexibility index (Phi) is 4.54. The molecular formula is C16H20N2O5S. The first-order chi connectivity index (χ1) is 11.0. The van der Waals surface area contributed by atoms with Gasteiger partial charge in [-0.25, -0.2) is 9.78 Å². The van der Waals surface area contributed by atoms with Gasteiger partial charge in [0, 0.05) is 12.5 Å². The van der Waals surface area contributed by atoms with E-state index < -0.39 is 17.4 Å². The lowest BCUT2D eigenvalue weighted by Gasteiger charge is -2.23. The van der Waals surface area contributed by atoms with Crippen LogP contribution >= 0.6 is 11.3 Å². The van der Waals surface area contributed by atoms with Crippen molar-refractivity contribution in [3.63, 3.8) is 0 Å². The highest BCUT2D eigenvalue weighted by Crippen LogP contribution is 2.29. The lowest BCUT2D eigenvalue weighted by Crippen LogP contribution is -2.36. The number of aryl methyl sites for hydroxylation is 1. The van der Waals surface area contributed by atoms with E-state index in [1.807, 2.05) is 13.8 Å². The first kappa shape index (κ1) is 18.1. The molecule has 0 saturated carbocycles. The second-order valence-electron chi connectivity index (χ2n) is 6.75. The Labute approximate surface area is 142 Å². The van der Waals surface area contributed by atoms with Gasteiger partial charge in [0.05, 0.1) is 10.8 Å². The van der Waals surface area contributed by atoms with Crippen LogP contribution in [0.1, 0.15) is 54.7 Å². The van der Waals surface area contributed by atoms with Crippen molar-refractivity contribution in [1.29, 1.82) is 0 Å². The smallest absolute Gasteiger partial charge is 0.346 e. The number of rotatable bonds is 5. The molecule has 0 amide bonds. The number of hydrogen-bond acceptors (Lipinski definition) is 5. The van der Waals surface area contributed by atoms with Crippen molar-refractivity contribution in [1.82, 2.24) is 9.55 Å². The van der Waals surface area contributed by atoms with Gasteiger partial charge in [0.2, 0.25) is 0 Å². The number of carboxylic acid groups (broad SMARTS) is 2. The molecule has 7 nitrogen and oxygen atoms in total. The number of aliphatic carboxylic acids is 1. The molecule has 0 atom stereocenters. The van der Waals surface area contributed by atoms with Crippen LogP contribution in [0.2, 0.25) is 0 Å². The number of fused-ring (bicyclic) bond motifs is 1. The number of carboxylic acids is 2. The SMILES string of the molecule is Cc1c(C(=O)O)sc2nc(C(C)C)n(CC(C)(C)C(=O)O)c(=O)c12. The first-order valence-corrected chi connectivity index (χ1v) is 8.29. The summed E-state index contributed by atoms with van der Waals surface area (Å²) in [7, 11) is 0. The van der Waals surface area contributed by atoms with E-state index in [1.165, 1.54) is 4.57 Å². The van der Waals surface area contributed by atoms with Gasteiger partial charge in [0.1, 0.15) is 15.5 Å². The van der Waals surface area contributed by atoms with Gasteiger partial charge in [-0.1, -0.05) is 13.8 Å². The van der Waals surface area contributed by atoms with Crippen LogP contribution in [0.5, 0.6) is 0 Å². The molecule has 0 saturated heterocycles. The molecular weight excluding hydrogens is 332 g/mol. The summed E-state index contributed by atoms with van der Waals surface area (Å²) in [4.78, 5) is 40.6. The van der Waals surface area contributed by atoms with E-state index in [-0.39, 0.29) is 28.3 Å². The van der Waals surface area contributed by atoms with E-state index in [0.29, 0.717) is 16.2 Å². The van der Waals surface area contributed by atoms with Gasteiger partial charge < -0.3 is 10.2 Å². The number of hydrogen-bond donors (Lipinski definition) is 2. The van der Waals surface area contributed by atoms with Gasteiger partial charge in [-0.2, -0.15) is 0 Å². The molecule has 0 unspecified atom stereocenters. The molecule has 2 aromatic heterocycles. The largest absolute Gasteiger partial charge is 0.481 e. The molecule has 2 aromatic rings. The first-order valence-electron chi connectivity index (χ1n) is 7.48. The fourth-order valence-electron chi connectivity index (χ4n) is 2.49. The third kappa shape index (κ3) is 2.93. The fraction of sp³-hybridized carbons (Fsp3) is 0.500. The second kappa shape index (κ2) is 6.01. The Balaban J connectivity index is 2.82. The maximum absolute atomic E-state index is 13.0. The van der Waals surface area contributed by atoms with Gasteiger partial charge in [-0.15, -0.1) is 11.3 Å². The molecule has 2 rings (SSSR count). The van der Waals surface area contributed by atoms with Gasteiger partial charge >= 0.3 is 11.9 Å². The molecule has 0 aliphatic rings. The molecule has 2 N–H and O–H groups in total. The molecule has 24 heavy (non-hydrogen) atoms. The van der Waals surface area contributed by atoms with E-state index in [1.54, 1.807) is 20.8 Å². The van der Waals surface area contributed by atoms with Crippen LogP contribution in [0.15, 0.2) is 4.79 Å². The van der Waals surface area contributed by atoms with Gasteiger partial charge in [-0.3, -0.25) is 14.2 Å². The average Bonchev–Trinajstić information content (AvgIpc) is 2.78. The Morgan fingerprint density at radius 3 is 2.33 bits per heavy atom. The summed E-state index contributed by atoms with van der Waals surface area (Å²) in [6.45, 7) is 8.34. The van der Waals surface area contributed by atoms with Crippen molar-refractivity contribution in [3.05, 3.63) is 26.6 Å². The zero-order valence-corrected chi connectivity index (χ0v) is 15.0. The predicted molar refractivity (Wildman–Crippen MR) is 91.1 cm³/mol. The number of thiophene rings is 1. The van der Waals surface area contributed by atoms with Crippen molar-refractivity contribution in [2.75, 3.05) is 0 Å². The van der Waals surface area contributed by atoms with Crippen molar-refractivity contribution in [3.8, 4) is 0 Å². The molecule has 8 heteroatoms. The van der Waals surface area contributed by atoms with Crippen LogP contribution in [-0.2, 0) is 11.3 Å². The van der Waals surface area contributed by atoms with E-state index >= 15 is 0 Å². The molecule has 130 valence electrons. The second-order valence-corrected chi connectivity index (χ2v) is 7.75. The standard InChI is InChI=1S/C16H20N2O5S/c1-7(2)11-17-12-9(8(3)10(24-12)14(20)21)13(19)18(11)6-16(4,5)15(22)23/h7H,6H2,1-5H3,(H,20,21)(H,22,23). The highest BCUT2D eigenvalue weighted by atomic mass is 32.1. The lowest BCUT2D eigenvalue weighted by molar-refractivity contribution is -0.147. The summed E-state index contributed by atoms with van der Waals surface area (Å²) in [6.07, 6.45) is 0. The van der Waals surface area contributed by atoms with Crippen molar-refractivity contribution in [2.45, 2.75) is 47.1 Å². The maximum Gasteiger partial charge on any atom is 0.346 e. The number of aromatic nitrogens is 2. The van der Waals surface area contributed by atoms with Gasteiger partial charge in [-0.05, 0) is 26.3 Å². The van der Waals surface area contributed by atoms with E-state index in [4.69, 9.17) is 0 Å². The highest BCUT2D eigenvalue weighted by Gasteiger charge is 2.31. The zero-order valence-electron chi connectivity index (χ0n) is 14.2. The lowest BCUT2D eigenvalue weighted by atomic mass is 9.93. The fourth-order valence-corrected chi connectivity index (χ4v) is 3.51. The molecule has 0 fully saturated rings. The van der Waals surface area contributed by atoms with E-state index in [0.717, 1.165) is 11.3 Å². The van der Waals surface area contributed by atoms with Crippen LogP contribution in [0, 0.1) is 12.3 Å². The molecule has 0 radical (unpaired) electrons. The van der Waals surface area contributed by atoms with Crippen LogP contribution < -0.4 is 5.56 Å². The summed E-state index contributed by atoms with van der Waals surface area (Å²) in [5, 5.41) is 18.9. The predicted octanol–water partition coefficient (Wildman–Crippen LogP) is 2.70. The maximum atomic E-state index is 13.0. The normalized spacial score (nSPS) is 12.1. The molecule has 0 bridgehead atoms. The number of carbonyl (C=O) groups is 2. The Morgan fingerprint density at radius 2 is 1.88 bits per heavy atom. The molecule has 0 aliphatic carbocycles. The number of nitrogens with zero attached hydrogens (tertiary/aromatic N) is 2. The third-order valence-electron chi connectivity index (χ3n) is 3.92. The molecule has 0 aromatic carbocycles. The topological polar surface area (TPSA) is 109 Å². The summed E-state index contributed by atoms with van der Waals surface area (Å²) < 4.78 is 1.37. The van der Waals surface area contributed by atoms with Crippen molar-refractivity contribution in [2.24, 2.45) is 5.41 Å².